The minimum Gasteiger partial charge on any atom is -0.494 e. The van der Waals surface area contributed by atoms with Gasteiger partial charge in [0.25, 0.3) is 0 Å². The van der Waals surface area contributed by atoms with Crippen LogP contribution >= 0.6 is 0 Å². The second kappa shape index (κ2) is 10.6. The van der Waals surface area contributed by atoms with Gasteiger partial charge in [0.15, 0.2) is 0 Å². The van der Waals surface area contributed by atoms with Crippen LogP contribution in [-0.2, 0) is 0 Å². The molecule has 1 heteroatoms. The standard InChI is InChI=1S/C23H28O/c1-3-9-20-12-14-21(15-13-20)10-7-5-6-8-11-22-16-18-23(19-17-22)24-4-2/h5-6,16-21H,3-4,9,12-15H2,1-2H3/b6-5+. The van der Waals surface area contributed by atoms with E-state index in [0.717, 1.165) is 17.2 Å². The number of benzene rings is 1. The topological polar surface area (TPSA) is 9.23 Å². The Morgan fingerprint density at radius 1 is 1.00 bits per heavy atom. The average Bonchev–Trinajstić information content (AvgIpc) is 2.61. The van der Waals surface area contributed by atoms with Crippen LogP contribution in [0.1, 0.15) is 57.9 Å². The molecule has 0 aromatic heterocycles. The molecule has 24 heavy (non-hydrogen) atoms. The predicted molar refractivity (Wildman–Crippen MR) is 102 cm³/mol. The summed E-state index contributed by atoms with van der Waals surface area (Å²) < 4.78 is 5.42. The van der Waals surface area contributed by atoms with Gasteiger partial charge in [-0.05, 0) is 74.9 Å². The minimum absolute atomic E-state index is 0.585. The van der Waals surface area contributed by atoms with Gasteiger partial charge >= 0.3 is 0 Å². The molecule has 0 atom stereocenters. The molecule has 0 amide bonds. The fraction of sp³-hybridized carbons (Fsp3) is 0.478. The maximum Gasteiger partial charge on any atom is 0.119 e. The molecule has 1 aliphatic rings. The van der Waals surface area contributed by atoms with Crippen LogP contribution in [0.2, 0.25) is 0 Å². The van der Waals surface area contributed by atoms with E-state index in [1.54, 1.807) is 0 Å². The van der Waals surface area contributed by atoms with Crippen molar-refractivity contribution in [1.29, 1.82) is 0 Å². The van der Waals surface area contributed by atoms with Crippen LogP contribution < -0.4 is 4.74 Å². The first-order valence-corrected chi connectivity index (χ1v) is 9.22. The molecule has 0 spiro atoms. The van der Waals surface area contributed by atoms with Crippen molar-refractivity contribution in [3.8, 4) is 29.4 Å². The first-order chi connectivity index (χ1) is 11.8. The van der Waals surface area contributed by atoms with Gasteiger partial charge in [0.1, 0.15) is 5.75 Å². The number of ether oxygens (including phenoxy) is 1. The zero-order valence-corrected chi connectivity index (χ0v) is 15.0. The predicted octanol–water partition coefficient (Wildman–Crippen LogP) is 5.60. The highest BCUT2D eigenvalue weighted by atomic mass is 16.5. The normalized spacial score (nSPS) is 19.9. The molecule has 126 valence electrons. The molecule has 0 saturated heterocycles. The number of rotatable bonds is 4. The lowest BCUT2D eigenvalue weighted by atomic mass is 9.80. The average molecular weight is 320 g/mol. The van der Waals surface area contributed by atoms with E-state index in [2.05, 4.69) is 30.6 Å². The van der Waals surface area contributed by atoms with Crippen molar-refractivity contribution in [2.75, 3.05) is 6.61 Å². The zero-order chi connectivity index (χ0) is 17.0. The smallest absolute Gasteiger partial charge is 0.119 e. The van der Waals surface area contributed by atoms with Crippen LogP contribution in [0.3, 0.4) is 0 Å². The molecule has 0 unspecified atom stereocenters. The Hall–Kier alpha value is -2.12. The summed E-state index contributed by atoms with van der Waals surface area (Å²) in [5.41, 5.74) is 0.991. The second-order valence-corrected chi connectivity index (χ2v) is 6.36. The third kappa shape index (κ3) is 6.55. The Morgan fingerprint density at radius 3 is 2.38 bits per heavy atom. The number of hydrogen-bond acceptors (Lipinski definition) is 1. The summed E-state index contributed by atoms with van der Waals surface area (Å²) in [5.74, 6) is 15.1. The van der Waals surface area contributed by atoms with Crippen molar-refractivity contribution in [3.63, 3.8) is 0 Å². The highest BCUT2D eigenvalue weighted by Crippen LogP contribution is 2.30. The maximum atomic E-state index is 5.42. The summed E-state index contributed by atoms with van der Waals surface area (Å²) in [7, 11) is 0. The SMILES string of the molecule is CCCC1CCC(C#C/C=C/C#Cc2ccc(OCC)cc2)CC1. The molecular formula is C23H28O. The molecular weight excluding hydrogens is 292 g/mol. The summed E-state index contributed by atoms with van der Waals surface area (Å²) in [5, 5.41) is 0. The van der Waals surface area contributed by atoms with Crippen molar-refractivity contribution in [3.05, 3.63) is 42.0 Å². The molecule has 0 aliphatic heterocycles. The van der Waals surface area contributed by atoms with Gasteiger partial charge in [-0.1, -0.05) is 43.4 Å². The van der Waals surface area contributed by atoms with Gasteiger partial charge in [-0.15, -0.1) is 0 Å². The first kappa shape index (κ1) is 18.2. The highest BCUT2D eigenvalue weighted by molar-refractivity contribution is 5.40. The van der Waals surface area contributed by atoms with Gasteiger partial charge in [0.05, 0.1) is 6.61 Å². The molecule has 2 rings (SSSR count). The monoisotopic (exact) mass is 320 g/mol. The number of hydrogen-bond donors (Lipinski definition) is 0. The van der Waals surface area contributed by atoms with Gasteiger partial charge in [0, 0.05) is 11.5 Å². The van der Waals surface area contributed by atoms with Crippen molar-refractivity contribution < 1.29 is 4.74 Å². The Morgan fingerprint density at radius 2 is 1.71 bits per heavy atom. The first-order valence-electron chi connectivity index (χ1n) is 9.22. The molecule has 1 aromatic carbocycles. The summed E-state index contributed by atoms with van der Waals surface area (Å²) in [6.45, 7) is 4.95. The zero-order valence-electron chi connectivity index (χ0n) is 15.0. The summed E-state index contributed by atoms with van der Waals surface area (Å²) in [6, 6.07) is 7.86. The molecule has 0 N–H and O–H groups in total. The van der Waals surface area contributed by atoms with Crippen LogP contribution in [0.25, 0.3) is 0 Å². The quantitative estimate of drug-likeness (QED) is 0.656. The third-order valence-corrected chi connectivity index (χ3v) is 4.46. The fourth-order valence-corrected chi connectivity index (χ4v) is 3.18. The maximum absolute atomic E-state index is 5.42. The van der Waals surface area contributed by atoms with E-state index in [0.29, 0.717) is 12.5 Å². The van der Waals surface area contributed by atoms with Gasteiger partial charge < -0.3 is 4.74 Å². The van der Waals surface area contributed by atoms with Crippen molar-refractivity contribution in [1.82, 2.24) is 0 Å². The molecule has 1 fully saturated rings. The van der Waals surface area contributed by atoms with E-state index in [4.69, 9.17) is 4.74 Å². The molecule has 0 bridgehead atoms. The largest absolute Gasteiger partial charge is 0.494 e. The van der Waals surface area contributed by atoms with E-state index in [1.165, 1.54) is 38.5 Å². The van der Waals surface area contributed by atoms with Gasteiger partial charge in [-0.25, -0.2) is 0 Å². The summed E-state index contributed by atoms with van der Waals surface area (Å²) in [4.78, 5) is 0. The third-order valence-electron chi connectivity index (χ3n) is 4.46. The van der Waals surface area contributed by atoms with E-state index < -0.39 is 0 Å². The highest BCUT2D eigenvalue weighted by Gasteiger charge is 2.18. The van der Waals surface area contributed by atoms with Crippen LogP contribution in [0.5, 0.6) is 5.75 Å². The van der Waals surface area contributed by atoms with Gasteiger partial charge in [-0.2, -0.15) is 0 Å². The molecule has 1 saturated carbocycles. The van der Waals surface area contributed by atoms with E-state index >= 15 is 0 Å². The number of allylic oxidation sites excluding steroid dienone is 2. The lowest BCUT2D eigenvalue weighted by Crippen LogP contribution is -2.12. The Labute approximate surface area is 147 Å². The molecule has 0 radical (unpaired) electrons. The molecule has 1 aliphatic carbocycles. The Bertz CT molecular complexity index is 623. The Balaban J connectivity index is 1.76. The minimum atomic E-state index is 0.585. The van der Waals surface area contributed by atoms with E-state index in [1.807, 2.05) is 43.3 Å². The van der Waals surface area contributed by atoms with E-state index in [-0.39, 0.29) is 0 Å². The lowest BCUT2D eigenvalue weighted by molar-refractivity contribution is 0.300. The Kier molecular flexibility index (Phi) is 8.06. The molecule has 1 aromatic rings. The van der Waals surface area contributed by atoms with Crippen LogP contribution in [0.15, 0.2) is 36.4 Å². The second-order valence-electron chi connectivity index (χ2n) is 6.36. The van der Waals surface area contributed by atoms with Crippen molar-refractivity contribution >= 4 is 0 Å². The lowest BCUT2D eigenvalue weighted by Gasteiger charge is -2.25. The van der Waals surface area contributed by atoms with Crippen molar-refractivity contribution in [2.24, 2.45) is 11.8 Å². The summed E-state index contributed by atoms with van der Waals surface area (Å²) >= 11 is 0. The fourth-order valence-electron chi connectivity index (χ4n) is 3.18. The summed E-state index contributed by atoms with van der Waals surface area (Å²) in [6.07, 6.45) is 11.7. The van der Waals surface area contributed by atoms with E-state index in [9.17, 15) is 0 Å². The molecule has 1 nitrogen and oxygen atoms in total. The van der Waals surface area contributed by atoms with Crippen LogP contribution in [-0.4, -0.2) is 6.61 Å². The van der Waals surface area contributed by atoms with Crippen molar-refractivity contribution in [2.45, 2.75) is 52.4 Å². The van der Waals surface area contributed by atoms with Crippen LogP contribution in [0.4, 0.5) is 0 Å². The molecule has 0 heterocycles. The van der Waals surface area contributed by atoms with Gasteiger partial charge in [-0.3, -0.25) is 0 Å². The van der Waals surface area contributed by atoms with Crippen LogP contribution in [0, 0.1) is 35.5 Å². The van der Waals surface area contributed by atoms with Gasteiger partial charge in [0.2, 0.25) is 0 Å².